The fourth-order valence-electron chi connectivity index (χ4n) is 2.03. The molecular formula is C15H34N6O2S. The molecule has 0 aromatic rings. The summed E-state index contributed by atoms with van der Waals surface area (Å²) < 4.78 is 0. The molecule has 0 radical (unpaired) electrons. The van der Waals surface area contributed by atoms with Gasteiger partial charge in [-0.05, 0) is 58.4 Å². The largest absolute Gasteiger partial charge is 0.369 e. The van der Waals surface area contributed by atoms with Crippen molar-refractivity contribution in [2.45, 2.75) is 31.7 Å². The summed E-state index contributed by atoms with van der Waals surface area (Å²) in [4.78, 5) is 22.9. The highest BCUT2D eigenvalue weighted by atomic mass is 32.2. The molecule has 0 aromatic carbocycles. The van der Waals surface area contributed by atoms with Crippen LogP contribution in [0.2, 0.25) is 0 Å². The Labute approximate surface area is 149 Å². The monoisotopic (exact) mass is 362 g/mol. The molecule has 0 saturated carbocycles. The minimum atomic E-state index is -0.338. The Kier molecular flexibility index (Phi) is 16.4. The summed E-state index contributed by atoms with van der Waals surface area (Å²) in [5.74, 6) is 0.608. The number of primary amides is 1. The molecule has 2 amide bonds. The number of nitrogens with two attached hydrogens (primary N) is 3. The molecule has 0 bridgehead atoms. The van der Waals surface area contributed by atoms with Crippen molar-refractivity contribution in [1.82, 2.24) is 16.0 Å². The molecule has 0 heterocycles. The smallest absolute Gasteiger partial charge is 0.237 e. The van der Waals surface area contributed by atoms with Gasteiger partial charge in [-0.15, -0.1) is 0 Å². The second-order valence-electron chi connectivity index (χ2n) is 5.49. The first-order valence-electron chi connectivity index (χ1n) is 8.59. The molecule has 0 rings (SSSR count). The number of thioether (sulfide) groups is 1. The van der Waals surface area contributed by atoms with Crippen LogP contribution >= 0.6 is 11.8 Å². The number of amides is 2. The van der Waals surface area contributed by atoms with Crippen molar-refractivity contribution in [2.24, 2.45) is 17.2 Å². The molecule has 1 unspecified atom stereocenters. The minimum absolute atomic E-state index is 0.00588. The predicted octanol–water partition coefficient (Wildman–Crippen LogP) is -1.65. The highest BCUT2D eigenvalue weighted by molar-refractivity contribution is 7.99. The lowest BCUT2D eigenvalue weighted by Crippen LogP contribution is -2.45. The second-order valence-corrected chi connectivity index (χ2v) is 6.60. The van der Waals surface area contributed by atoms with Gasteiger partial charge in [0.25, 0.3) is 0 Å². The number of nitrogens with one attached hydrogen (secondary N) is 3. The lowest BCUT2D eigenvalue weighted by atomic mass is 10.1. The average molecular weight is 363 g/mol. The van der Waals surface area contributed by atoms with Crippen LogP contribution in [0, 0.1) is 0 Å². The first kappa shape index (κ1) is 23.1. The van der Waals surface area contributed by atoms with E-state index in [1.54, 1.807) is 0 Å². The molecule has 8 nitrogen and oxygen atoms in total. The normalized spacial score (nSPS) is 12.1. The van der Waals surface area contributed by atoms with E-state index < -0.39 is 0 Å². The van der Waals surface area contributed by atoms with E-state index in [0.717, 1.165) is 45.3 Å². The van der Waals surface area contributed by atoms with Crippen molar-refractivity contribution in [2.75, 3.05) is 50.8 Å². The molecule has 24 heavy (non-hydrogen) atoms. The van der Waals surface area contributed by atoms with E-state index >= 15 is 0 Å². The van der Waals surface area contributed by atoms with Gasteiger partial charge < -0.3 is 33.2 Å². The van der Waals surface area contributed by atoms with Gasteiger partial charge >= 0.3 is 0 Å². The summed E-state index contributed by atoms with van der Waals surface area (Å²) in [7, 11) is 0. The zero-order valence-electron chi connectivity index (χ0n) is 14.5. The van der Waals surface area contributed by atoms with Crippen molar-refractivity contribution >= 4 is 23.6 Å². The zero-order valence-corrected chi connectivity index (χ0v) is 15.3. The van der Waals surface area contributed by atoms with Crippen LogP contribution in [0.25, 0.3) is 0 Å². The SMILES string of the molecule is NCCCNCCCC(NCCCN)C(=O)NCCSCC(N)=O. The van der Waals surface area contributed by atoms with Gasteiger partial charge in [0.2, 0.25) is 11.8 Å². The quantitative estimate of drug-likeness (QED) is 0.170. The molecule has 1 atom stereocenters. The molecule has 0 aliphatic heterocycles. The Morgan fingerprint density at radius 3 is 2.29 bits per heavy atom. The molecule has 0 aliphatic carbocycles. The van der Waals surface area contributed by atoms with Crippen molar-refractivity contribution in [3.05, 3.63) is 0 Å². The van der Waals surface area contributed by atoms with Crippen LogP contribution in [-0.4, -0.2) is 68.6 Å². The molecule has 9 N–H and O–H groups in total. The third-order valence-electron chi connectivity index (χ3n) is 3.28. The minimum Gasteiger partial charge on any atom is -0.369 e. The third kappa shape index (κ3) is 14.7. The van der Waals surface area contributed by atoms with Gasteiger partial charge in [-0.25, -0.2) is 0 Å². The fraction of sp³-hybridized carbons (Fsp3) is 0.867. The van der Waals surface area contributed by atoms with Crippen molar-refractivity contribution in [1.29, 1.82) is 0 Å². The Balaban J connectivity index is 3.98. The van der Waals surface area contributed by atoms with E-state index in [2.05, 4.69) is 16.0 Å². The van der Waals surface area contributed by atoms with Crippen LogP contribution in [0.4, 0.5) is 0 Å². The zero-order chi connectivity index (χ0) is 18.0. The maximum atomic E-state index is 12.3. The first-order valence-corrected chi connectivity index (χ1v) is 9.75. The number of hydrogen-bond acceptors (Lipinski definition) is 7. The lowest BCUT2D eigenvalue weighted by Gasteiger charge is -2.18. The lowest BCUT2D eigenvalue weighted by molar-refractivity contribution is -0.123. The van der Waals surface area contributed by atoms with Crippen LogP contribution in [0.15, 0.2) is 0 Å². The molecule has 0 spiro atoms. The van der Waals surface area contributed by atoms with E-state index in [9.17, 15) is 9.59 Å². The van der Waals surface area contributed by atoms with Gasteiger partial charge in [0.15, 0.2) is 0 Å². The van der Waals surface area contributed by atoms with Crippen LogP contribution in [-0.2, 0) is 9.59 Å². The van der Waals surface area contributed by atoms with Crippen LogP contribution in [0.5, 0.6) is 0 Å². The van der Waals surface area contributed by atoms with E-state index in [-0.39, 0.29) is 23.6 Å². The molecule has 0 fully saturated rings. The summed E-state index contributed by atoms with van der Waals surface area (Å²) >= 11 is 1.42. The topological polar surface area (TPSA) is 148 Å². The van der Waals surface area contributed by atoms with Crippen LogP contribution < -0.4 is 33.2 Å². The Morgan fingerprint density at radius 2 is 1.62 bits per heavy atom. The first-order chi connectivity index (χ1) is 11.6. The number of carbonyl (C=O) groups excluding carboxylic acids is 2. The maximum Gasteiger partial charge on any atom is 0.237 e. The van der Waals surface area contributed by atoms with E-state index in [0.29, 0.717) is 25.4 Å². The Bertz CT molecular complexity index is 333. The van der Waals surface area contributed by atoms with Gasteiger partial charge in [0.1, 0.15) is 0 Å². The summed E-state index contributed by atoms with van der Waals surface area (Å²) in [6.07, 6.45) is 3.48. The van der Waals surface area contributed by atoms with Gasteiger partial charge in [-0.2, -0.15) is 11.8 Å². The number of rotatable bonds is 17. The van der Waals surface area contributed by atoms with Crippen molar-refractivity contribution < 1.29 is 9.59 Å². The molecule has 142 valence electrons. The number of hydrogen-bond donors (Lipinski definition) is 6. The van der Waals surface area contributed by atoms with Crippen molar-refractivity contribution in [3.8, 4) is 0 Å². The molecule has 9 heteroatoms. The van der Waals surface area contributed by atoms with Gasteiger partial charge in [0, 0.05) is 12.3 Å². The fourth-order valence-corrected chi connectivity index (χ4v) is 2.62. The van der Waals surface area contributed by atoms with E-state index in [4.69, 9.17) is 17.2 Å². The third-order valence-corrected chi connectivity index (χ3v) is 4.26. The molecular weight excluding hydrogens is 328 g/mol. The standard InChI is InChI=1S/C15H34N6O2S/c16-5-2-8-19-7-1-4-13(20-9-3-6-17)15(23)21-10-11-24-12-14(18)22/h13,19-20H,1-12,16-17H2,(H2,18,22)(H,21,23). The van der Waals surface area contributed by atoms with Crippen molar-refractivity contribution in [3.63, 3.8) is 0 Å². The highest BCUT2D eigenvalue weighted by Crippen LogP contribution is 2.00. The van der Waals surface area contributed by atoms with Gasteiger partial charge in [-0.3, -0.25) is 9.59 Å². The van der Waals surface area contributed by atoms with E-state index in [1.807, 2.05) is 0 Å². The summed E-state index contributed by atoms with van der Waals surface area (Å²) in [6.45, 7) is 4.33. The second kappa shape index (κ2) is 17.0. The molecule has 0 aromatic heterocycles. The summed E-state index contributed by atoms with van der Waals surface area (Å²) in [6, 6.07) is -0.214. The highest BCUT2D eigenvalue weighted by Gasteiger charge is 2.16. The number of carbonyl (C=O) groups is 2. The van der Waals surface area contributed by atoms with Crippen LogP contribution in [0.3, 0.4) is 0 Å². The van der Waals surface area contributed by atoms with E-state index in [1.165, 1.54) is 11.8 Å². The van der Waals surface area contributed by atoms with Gasteiger partial charge in [-0.1, -0.05) is 0 Å². The Hall–Kier alpha value is -0.870. The Morgan fingerprint density at radius 1 is 0.958 bits per heavy atom. The average Bonchev–Trinajstić information content (AvgIpc) is 2.55. The predicted molar refractivity (Wildman–Crippen MR) is 101 cm³/mol. The summed E-state index contributed by atoms with van der Waals surface area (Å²) in [5.41, 5.74) is 16.0. The molecule has 0 aliphatic rings. The van der Waals surface area contributed by atoms with Gasteiger partial charge in [0.05, 0.1) is 11.8 Å². The summed E-state index contributed by atoms with van der Waals surface area (Å²) in [5, 5.41) is 9.47. The van der Waals surface area contributed by atoms with Crippen LogP contribution in [0.1, 0.15) is 25.7 Å². The maximum absolute atomic E-state index is 12.3. The molecule has 0 saturated heterocycles.